The smallest absolute Gasteiger partial charge is 0.246 e. The highest BCUT2D eigenvalue weighted by atomic mass is 127. The van der Waals surface area contributed by atoms with E-state index in [1.165, 1.54) is 6.07 Å². The summed E-state index contributed by atoms with van der Waals surface area (Å²) in [5.41, 5.74) is 0.777. The Morgan fingerprint density at radius 1 is 1.30 bits per heavy atom. The molecule has 0 aliphatic carbocycles. The average Bonchev–Trinajstić information content (AvgIpc) is 3.13. The molecule has 1 aromatic carbocycles. The van der Waals surface area contributed by atoms with Gasteiger partial charge in [0.25, 0.3) is 0 Å². The molecule has 0 unspecified atom stereocenters. The number of benzene rings is 1. The number of halogens is 3. The Hall–Kier alpha value is -2.44. The van der Waals surface area contributed by atoms with Crippen LogP contribution in [0.4, 0.5) is 14.5 Å². The maximum absolute atomic E-state index is 13.2. The van der Waals surface area contributed by atoms with Crippen LogP contribution in [-0.4, -0.2) is 65.9 Å². The summed E-state index contributed by atoms with van der Waals surface area (Å²) in [5.74, 6) is -1.05. The fraction of sp³-hybridized carbons (Fsp3) is 0.421. The monoisotopic (exact) mass is 534 g/mol. The van der Waals surface area contributed by atoms with Gasteiger partial charge in [0.15, 0.2) is 17.6 Å². The zero-order valence-electron chi connectivity index (χ0n) is 16.8. The van der Waals surface area contributed by atoms with E-state index < -0.39 is 11.6 Å². The zero-order chi connectivity index (χ0) is 20.8. The zero-order valence-corrected chi connectivity index (χ0v) is 19.2. The standard InChI is InChI=1S/C19H24F2N6O2.HI/c1-3-22-19(23-6-9-29-15-4-5-16(20)17(21)10-15)26-7-8-27(18(28)13-26)14-11-24-25(2)12-14;/h4-5,10-12H,3,6-9,13H2,1-2H3,(H,22,23);1H. The van der Waals surface area contributed by atoms with E-state index in [1.54, 1.807) is 15.8 Å². The molecule has 8 nitrogen and oxygen atoms in total. The van der Waals surface area contributed by atoms with Crippen LogP contribution < -0.4 is 15.0 Å². The van der Waals surface area contributed by atoms with Crippen molar-refractivity contribution in [2.24, 2.45) is 12.0 Å². The van der Waals surface area contributed by atoms with Gasteiger partial charge in [0, 0.05) is 38.9 Å². The van der Waals surface area contributed by atoms with Gasteiger partial charge in [-0.25, -0.2) is 13.8 Å². The quantitative estimate of drug-likeness (QED) is 0.266. The highest BCUT2D eigenvalue weighted by molar-refractivity contribution is 14.0. The number of hydrogen-bond acceptors (Lipinski definition) is 4. The van der Waals surface area contributed by atoms with Crippen molar-refractivity contribution < 1.29 is 18.3 Å². The second-order valence-corrected chi connectivity index (χ2v) is 6.50. The summed E-state index contributed by atoms with van der Waals surface area (Å²) in [6.45, 7) is 4.45. The Morgan fingerprint density at radius 2 is 2.10 bits per heavy atom. The number of aliphatic imine (C=N–C) groups is 1. The van der Waals surface area contributed by atoms with Gasteiger partial charge in [-0.15, -0.1) is 24.0 Å². The molecule has 0 radical (unpaired) electrons. The lowest BCUT2D eigenvalue weighted by Crippen LogP contribution is -2.55. The molecule has 0 spiro atoms. The van der Waals surface area contributed by atoms with Crippen LogP contribution in [0.3, 0.4) is 0 Å². The topological polar surface area (TPSA) is 75.0 Å². The van der Waals surface area contributed by atoms with E-state index in [0.29, 0.717) is 32.1 Å². The molecule has 0 bridgehead atoms. The number of amides is 1. The van der Waals surface area contributed by atoms with Crippen molar-refractivity contribution in [1.29, 1.82) is 0 Å². The summed E-state index contributed by atoms with van der Waals surface area (Å²) in [4.78, 5) is 20.6. The molecule has 2 aromatic rings. The molecular formula is C19H25F2IN6O2. The summed E-state index contributed by atoms with van der Waals surface area (Å²) in [5, 5.41) is 7.28. The van der Waals surface area contributed by atoms with E-state index in [4.69, 9.17) is 4.74 Å². The molecule has 1 fully saturated rings. The minimum absolute atomic E-state index is 0. The Bertz CT molecular complexity index is 892. The van der Waals surface area contributed by atoms with Crippen molar-refractivity contribution in [2.45, 2.75) is 6.92 Å². The van der Waals surface area contributed by atoms with Crippen molar-refractivity contribution in [3.8, 4) is 5.75 Å². The normalized spacial score (nSPS) is 14.5. The number of anilines is 1. The number of ether oxygens (including phenoxy) is 1. The lowest BCUT2D eigenvalue weighted by atomic mass is 10.3. The van der Waals surface area contributed by atoms with Crippen LogP contribution in [0.5, 0.6) is 5.75 Å². The van der Waals surface area contributed by atoms with Crippen molar-refractivity contribution in [3.63, 3.8) is 0 Å². The van der Waals surface area contributed by atoms with Crippen LogP contribution in [0.2, 0.25) is 0 Å². The number of guanidine groups is 1. The van der Waals surface area contributed by atoms with E-state index in [2.05, 4.69) is 15.4 Å². The summed E-state index contributed by atoms with van der Waals surface area (Å²) >= 11 is 0. The molecule has 30 heavy (non-hydrogen) atoms. The van der Waals surface area contributed by atoms with Crippen LogP contribution in [0.25, 0.3) is 0 Å². The molecule has 1 saturated heterocycles. The van der Waals surface area contributed by atoms with Crippen molar-refractivity contribution in [1.82, 2.24) is 20.0 Å². The fourth-order valence-corrected chi connectivity index (χ4v) is 2.98. The Morgan fingerprint density at radius 3 is 2.73 bits per heavy atom. The molecule has 1 amide bonds. The van der Waals surface area contributed by atoms with Crippen LogP contribution in [-0.2, 0) is 11.8 Å². The summed E-state index contributed by atoms with van der Waals surface area (Å²) < 4.78 is 33.2. The number of carbonyl (C=O) groups is 1. The first kappa shape index (κ1) is 23.8. The second kappa shape index (κ2) is 11.1. The molecular weight excluding hydrogens is 509 g/mol. The van der Waals surface area contributed by atoms with Crippen molar-refractivity contribution in [3.05, 3.63) is 42.2 Å². The number of piperazine rings is 1. The first-order valence-corrected chi connectivity index (χ1v) is 9.38. The van der Waals surface area contributed by atoms with Crippen LogP contribution in [0, 0.1) is 11.6 Å². The van der Waals surface area contributed by atoms with Gasteiger partial charge in [-0.05, 0) is 19.1 Å². The number of aromatic nitrogens is 2. The van der Waals surface area contributed by atoms with Gasteiger partial charge in [0.05, 0.1) is 18.4 Å². The van der Waals surface area contributed by atoms with Gasteiger partial charge in [-0.2, -0.15) is 5.10 Å². The Kier molecular flexibility index (Phi) is 8.81. The predicted molar refractivity (Wildman–Crippen MR) is 120 cm³/mol. The fourth-order valence-electron chi connectivity index (χ4n) is 2.98. The first-order chi connectivity index (χ1) is 14.0. The van der Waals surface area contributed by atoms with Gasteiger partial charge < -0.3 is 19.9 Å². The van der Waals surface area contributed by atoms with Gasteiger partial charge in [-0.1, -0.05) is 0 Å². The highest BCUT2D eigenvalue weighted by Crippen LogP contribution is 2.17. The maximum atomic E-state index is 13.2. The molecule has 164 valence electrons. The number of aryl methyl sites for hydroxylation is 1. The highest BCUT2D eigenvalue weighted by Gasteiger charge is 2.27. The van der Waals surface area contributed by atoms with Crippen molar-refractivity contribution in [2.75, 3.05) is 44.2 Å². The molecule has 0 atom stereocenters. The molecule has 0 saturated carbocycles. The number of nitrogens with one attached hydrogen (secondary N) is 1. The SMILES string of the molecule is CCNC(=NCCOc1ccc(F)c(F)c1)N1CCN(c2cnn(C)c2)C(=O)C1.I. The Balaban J connectivity index is 0.00000320. The van der Waals surface area contributed by atoms with Crippen LogP contribution in [0.15, 0.2) is 35.6 Å². The number of hydrogen-bond donors (Lipinski definition) is 1. The summed E-state index contributed by atoms with van der Waals surface area (Å²) in [7, 11) is 1.81. The van der Waals surface area contributed by atoms with E-state index in [0.717, 1.165) is 17.8 Å². The van der Waals surface area contributed by atoms with Gasteiger partial charge in [0.2, 0.25) is 5.91 Å². The van der Waals surface area contributed by atoms with Gasteiger partial charge >= 0.3 is 0 Å². The Labute approximate surface area is 190 Å². The second-order valence-electron chi connectivity index (χ2n) is 6.50. The minimum atomic E-state index is -0.954. The largest absolute Gasteiger partial charge is 0.492 e. The van der Waals surface area contributed by atoms with E-state index in [-0.39, 0.29) is 48.8 Å². The number of carbonyl (C=O) groups excluding carboxylic acids is 1. The van der Waals surface area contributed by atoms with Crippen LogP contribution in [0.1, 0.15) is 6.92 Å². The minimum Gasteiger partial charge on any atom is -0.492 e. The van der Waals surface area contributed by atoms with Crippen molar-refractivity contribution >= 4 is 41.5 Å². The number of rotatable bonds is 6. The molecule has 1 aromatic heterocycles. The molecule has 3 rings (SSSR count). The van der Waals surface area contributed by atoms with E-state index in [1.807, 2.05) is 25.1 Å². The lowest BCUT2D eigenvalue weighted by molar-refractivity contribution is -0.120. The third-order valence-corrected chi connectivity index (χ3v) is 4.37. The average molecular weight is 534 g/mol. The summed E-state index contributed by atoms with van der Waals surface area (Å²) in [6, 6.07) is 3.38. The van der Waals surface area contributed by atoms with E-state index >= 15 is 0 Å². The molecule has 1 aliphatic rings. The predicted octanol–water partition coefficient (Wildman–Crippen LogP) is 2.01. The molecule has 2 heterocycles. The molecule has 1 N–H and O–H groups in total. The van der Waals surface area contributed by atoms with Gasteiger partial charge in [-0.3, -0.25) is 9.48 Å². The van der Waals surface area contributed by atoms with Gasteiger partial charge in [0.1, 0.15) is 18.9 Å². The summed E-state index contributed by atoms with van der Waals surface area (Å²) in [6.07, 6.45) is 3.48. The number of nitrogens with zero attached hydrogens (tertiary/aromatic N) is 5. The molecule has 11 heteroatoms. The lowest BCUT2D eigenvalue weighted by Gasteiger charge is -2.35. The molecule has 1 aliphatic heterocycles. The first-order valence-electron chi connectivity index (χ1n) is 9.38. The maximum Gasteiger partial charge on any atom is 0.246 e. The van der Waals surface area contributed by atoms with Crippen LogP contribution >= 0.6 is 24.0 Å². The third-order valence-electron chi connectivity index (χ3n) is 4.37. The van der Waals surface area contributed by atoms with E-state index in [9.17, 15) is 13.6 Å². The third kappa shape index (κ3) is 6.03.